The molecule has 0 N–H and O–H groups in total. The van der Waals surface area contributed by atoms with Crippen LogP contribution in [0.3, 0.4) is 0 Å². The van der Waals surface area contributed by atoms with Crippen molar-refractivity contribution in [3.05, 3.63) is 151 Å². The van der Waals surface area contributed by atoms with Gasteiger partial charge in [0.2, 0.25) is 0 Å². The zero-order chi connectivity index (χ0) is 19.8. The van der Waals surface area contributed by atoms with E-state index in [9.17, 15) is 4.79 Å². The normalized spacial score (nSPS) is 26.0. The molecule has 0 aromatic rings. The Balaban J connectivity index is 0.000000310. The zero-order valence-electron chi connectivity index (χ0n) is 16.8. The molecule has 1 unspecified atom stereocenters. The van der Waals surface area contributed by atoms with Crippen LogP contribution in [0.4, 0.5) is 0 Å². The van der Waals surface area contributed by atoms with Gasteiger partial charge in [-0.2, -0.15) is 0 Å². The van der Waals surface area contributed by atoms with Crippen LogP contribution in [0.5, 0.6) is 0 Å². The van der Waals surface area contributed by atoms with E-state index in [4.69, 9.17) is 0 Å². The van der Waals surface area contributed by atoms with Crippen molar-refractivity contribution in [1.82, 2.24) is 0 Å². The first-order valence-electron chi connectivity index (χ1n) is 9.41. The summed E-state index contributed by atoms with van der Waals surface area (Å²) >= 11 is 0. The minimum absolute atomic E-state index is 0. The second-order valence-corrected chi connectivity index (χ2v) is 6.70. The van der Waals surface area contributed by atoms with Gasteiger partial charge in [-0.15, -0.1) is 0 Å². The molecule has 0 aromatic carbocycles. The van der Waals surface area contributed by atoms with Crippen LogP contribution >= 0.6 is 0 Å². The summed E-state index contributed by atoms with van der Waals surface area (Å²) in [4.78, 5) is 12.3. The van der Waals surface area contributed by atoms with Crippen molar-refractivity contribution in [2.45, 2.75) is 6.92 Å². The van der Waals surface area contributed by atoms with E-state index in [2.05, 4.69) is 19.4 Å². The number of carbonyl (C=O) groups is 1. The zero-order valence-corrected chi connectivity index (χ0v) is 19.0. The minimum Gasteiger partial charge on any atom is -0.293 e. The van der Waals surface area contributed by atoms with Gasteiger partial charge in [0.1, 0.15) is 0 Å². The molecule has 1 nitrogen and oxygen atoms in total. The summed E-state index contributed by atoms with van der Waals surface area (Å²) in [7, 11) is 0. The first-order chi connectivity index (χ1) is 13.7. The molecular formula is C27H24Fe2O. The van der Waals surface area contributed by atoms with Crippen molar-refractivity contribution in [2.24, 2.45) is 5.92 Å². The van der Waals surface area contributed by atoms with E-state index in [0.29, 0.717) is 0 Å². The first kappa shape index (κ1) is 28.2. The Kier molecular flexibility index (Phi) is 14.2. The third kappa shape index (κ3) is 7.65. The van der Waals surface area contributed by atoms with E-state index in [-0.39, 0.29) is 45.8 Å². The van der Waals surface area contributed by atoms with E-state index >= 15 is 0 Å². The monoisotopic (exact) mass is 476 g/mol. The average Bonchev–Trinajstić information content (AvgIpc) is 3.50. The van der Waals surface area contributed by atoms with E-state index in [1.165, 1.54) is 0 Å². The van der Waals surface area contributed by atoms with Gasteiger partial charge in [-0.1, -0.05) is 12.2 Å². The van der Waals surface area contributed by atoms with Crippen LogP contribution in [-0.4, -0.2) is 5.78 Å². The van der Waals surface area contributed by atoms with Gasteiger partial charge in [-0.05, 0) is 128 Å². The molecule has 5 aliphatic rings. The number of ketones is 1. The van der Waals surface area contributed by atoms with Crippen molar-refractivity contribution in [2.75, 3.05) is 0 Å². The largest absolute Gasteiger partial charge is 0.293 e. The number of allylic oxidation sites excluding steroid dienone is 3. The molecule has 0 bridgehead atoms. The predicted molar refractivity (Wildman–Crippen MR) is 114 cm³/mol. The summed E-state index contributed by atoms with van der Waals surface area (Å²) in [5.41, 5.74) is 2.91. The van der Waals surface area contributed by atoms with E-state index in [1.54, 1.807) is 0 Å². The fourth-order valence-corrected chi connectivity index (χ4v) is 3.29. The summed E-state index contributed by atoms with van der Waals surface area (Å²) in [6, 6.07) is 0. The molecule has 30 heavy (non-hydrogen) atoms. The van der Waals surface area contributed by atoms with Crippen molar-refractivity contribution in [1.29, 1.82) is 0 Å². The Morgan fingerprint density at radius 3 is 1.30 bits per heavy atom. The van der Waals surface area contributed by atoms with Crippen LogP contribution in [-0.2, 0) is 38.9 Å². The quantitative estimate of drug-likeness (QED) is 0.418. The van der Waals surface area contributed by atoms with Crippen LogP contribution in [0.2, 0.25) is 0 Å². The summed E-state index contributed by atoms with van der Waals surface area (Å²) < 4.78 is 0. The molecule has 0 aliphatic heterocycles. The fraction of sp³-hybridized carbons (Fsp3) is 0.0741. The van der Waals surface area contributed by atoms with E-state index < -0.39 is 0 Å². The number of carbonyl (C=O) groups excluding carboxylic acids is 1. The van der Waals surface area contributed by atoms with Gasteiger partial charge in [0.25, 0.3) is 0 Å². The van der Waals surface area contributed by atoms with Crippen LogP contribution in [0.25, 0.3) is 0 Å². The van der Waals surface area contributed by atoms with Crippen molar-refractivity contribution in [3.63, 3.8) is 0 Å². The topological polar surface area (TPSA) is 17.1 Å². The predicted octanol–water partition coefficient (Wildman–Crippen LogP) is 4.91. The molecule has 0 heterocycles. The third-order valence-corrected chi connectivity index (χ3v) is 4.60. The molecule has 3 heteroatoms. The molecule has 5 rings (SSSR count). The maximum absolute atomic E-state index is 12.3. The maximum atomic E-state index is 12.3. The van der Waals surface area contributed by atoms with Gasteiger partial charge >= 0.3 is 0 Å². The molecule has 0 aromatic heterocycles. The number of Topliss-reactive ketones (excluding diaryl/α,β-unsaturated/α-hetero) is 1. The number of hydrogen-bond acceptors (Lipinski definition) is 1. The van der Waals surface area contributed by atoms with Crippen LogP contribution in [0, 0.1) is 133 Å². The second-order valence-electron chi connectivity index (χ2n) is 6.70. The second kappa shape index (κ2) is 15.1. The smallest absolute Gasteiger partial charge is 0.170 e. The van der Waals surface area contributed by atoms with Gasteiger partial charge in [-0.25, -0.2) is 0 Å². The molecular weight excluding hydrogens is 452 g/mol. The van der Waals surface area contributed by atoms with Crippen molar-refractivity contribution < 1.29 is 38.9 Å². The molecule has 4 saturated carbocycles. The maximum Gasteiger partial charge on any atom is 0.170 e. The fourth-order valence-electron chi connectivity index (χ4n) is 3.29. The Hall–Kier alpha value is 0.189. The molecule has 1 atom stereocenters. The molecule has 154 valence electrons. The molecule has 4 fully saturated rings. The van der Waals surface area contributed by atoms with Crippen molar-refractivity contribution >= 4 is 5.78 Å². The SMILES string of the molecule is C=C(C)C1C(=O)C([C]2[CH][CH][CH][CH]2)=C1[C]1[CH][CH][CH][CH]1.[CH]1[CH][CH][CH][CH]1.[CH]1[CH][CH][CH][CH]1.[Fe].[Fe]. The Bertz CT molecular complexity index is 520. The summed E-state index contributed by atoms with van der Waals surface area (Å²) in [6.07, 6.45) is 36.0. The Morgan fingerprint density at radius 1 is 0.633 bits per heavy atom. The van der Waals surface area contributed by atoms with Gasteiger partial charge < -0.3 is 0 Å². The van der Waals surface area contributed by atoms with Gasteiger partial charge in [-0.3, -0.25) is 4.79 Å². The van der Waals surface area contributed by atoms with E-state index in [1.807, 2.05) is 110 Å². The number of hydrogen-bond donors (Lipinski definition) is 0. The average molecular weight is 476 g/mol. The molecule has 0 amide bonds. The van der Waals surface area contributed by atoms with Crippen LogP contribution in [0.1, 0.15) is 6.92 Å². The summed E-state index contributed by atoms with van der Waals surface area (Å²) in [5, 5.41) is 0. The number of rotatable bonds is 3. The van der Waals surface area contributed by atoms with Crippen LogP contribution < -0.4 is 0 Å². The molecule has 0 spiro atoms. The molecule has 20 radical (unpaired) electrons. The minimum atomic E-state index is -0.128. The van der Waals surface area contributed by atoms with E-state index in [0.717, 1.165) is 28.6 Å². The van der Waals surface area contributed by atoms with Crippen molar-refractivity contribution in [3.8, 4) is 0 Å². The molecule has 5 aliphatic carbocycles. The molecule has 0 saturated heterocycles. The van der Waals surface area contributed by atoms with Crippen LogP contribution in [0.15, 0.2) is 23.3 Å². The first-order valence-corrected chi connectivity index (χ1v) is 9.41. The van der Waals surface area contributed by atoms with Gasteiger partial charge in [0.15, 0.2) is 5.78 Å². The summed E-state index contributed by atoms with van der Waals surface area (Å²) in [5.74, 6) is 2.23. The van der Waals surface area contributed by atoms with Gasteiger partial charge in [0.05, 0.1) is 5.92 Å². The Morgan fingerprint density at radius 2 is 0.967 bits per heavy atom. The van der Waals surface area contributed by atoms with Gasteiger partial charge in [0, 0.05) is 51.5 Å². The third-order valence-electron chi connectivity index (χ3n) is 4.60. The standard InChI is InChI=1S/C17H14O.2C5H5.2Fe/c1-11(2)14-15(12-7-3-4-8-12)16(17(14)18)13-9-5-6-10-13;2*1-2-4-5-3-1;;/h3-10,14H,1H2,2H3;2*1-5H;;. The Labute approximate surface area is 207 Å². The summed E-state index contributed by atoms with van der Waals surface area (Å²) in [6.45, 7) is 5.87.